The van der Waals surface area contributed by atoms with Crippen LogP contribution in [0.1, 0.15) is 49.1 Å². The summed E-state index contributed by atoms with van der Waals surface area (Å²) in [6.07, 6.45) is 5.40. The summed E-state index contributed by atoms with van der Waals surface area (Å²) >= 11 is 0. The molecule has 3 aromatic rings. The smallest absolute Gasteiger partial charge is 0.239 e. The van der Waals surface area contributed by atoms with Crippen LogP contribution in [-0.4, -0.2) is 48.5 Å². The predicted molar refractivity (Wildman–Crippen MR) is 141 cm³/mol. The zero-order valence-electron chi connectivity index (χ0n) is 20.7. The van der Waals surface area contributed by atoms with E-state index in [1.165, 1.54) is 17.5 Å². The number of rotatable bonds is 6. The van der Waals surface area contributed by atoms with Crippen LogP contribution in [0.15, 0.2) is 78.9 Å². The quantitative estimate of drug-likeness (QED) is 0.437. The zero-order valence-corrected chi connectivity index (χ0v) is 20.7. The van der Waals surface area contributed by atoms with Crippen molar-refractivity contribution in [2.75, 3.05) is 26.7 Å². The fraction of sp³-hybridized carbons (Fsp3) is 0.387. The Balaban J connectivity index is 1.22. The van der Waals surface area contributed by atoms with Gasteiger partial charge in [-0.15, -0.1) is 0 Å². The van der Waals surface area contributed by atoms with Crippen LogP contribution in [0.3, 0.4) is 0 Å². The van der Waals surface area contributed by atoms with Crippen molar-refractivity contribution in [3.8, 4) is 16.9 Å². The molecule has 1 atom stereocenters. The van der Waals surface area contributed by atoms with Crippen molar-refractivity contribution in [1.82, 2.24) is 9.80 Å². The van der Waals surface area contributed by atoms with Crippen molar-refractivity contribution in [3.63, 3.8) is 0 Å². The van der Waals surface area contributed by atoms with E-state index in [4.69, 9.17) is 4.74 Å². The van der Waals surface area contributed by atoms with E-state index in [0.717, 1.165) is 68.7 Å². The summed E-state index contributed by atoms with van der Waals surface area (Å²) in [5, 5.41) is 0. The number of benzene rings is 3. The number of hydrogen-bond donors (Lipinski definition) is 0. The van der Waals surface area contributed by atoms with E-state index in [2.05, 4.69) is 70.5 Å². The SMILES string of the molecule is COc1ccccc1-c1ccc(CN2CCCCC2C(=O)N2CCC(c3ccccc3)CC2)cc1. The number of para-hydroxylation sites is 1. The van der Waals surface area contributed by atoms with Crippen LogP contribution in [-0.2, 0) is 11.3 Å². The normalized spacial score (nSPS) is 19.5. The van der Waals surface area contributed by atoms with Gasteiger partial charge in [0.05, 0.1) is 13.2 Å². The number of amides is 1. The minimum atomic E-state index is 0.00548. The molecule has 1 unspecified atom stereocenters. The molecule has 5 rings (SSSR count). The number of likely N-dealkylation sites (tertiary alicyclic amines) is 2. The largest absolute Gasteiger partial charge is 0.496 e. The van der Waals surface area contributed by atoms with Crippen molar-refractivity contribution < 1.29 is 9.53 Å². The Bertz CT molecular complexity index is 1100. The first kappa shape index (κ1) is 23.6. The summed E-state index contributed by atoms with van der Waals surface area (Å²) in [5.74, 6) is 1.80. The van der Waals surface area contributed by atoms with E-state index in [1.54, 1.807) is 7.11 Å². The maximum Gasteiger partial charge on any atom is 0.239 e. The van der Waals surface area contributed by atoms with Gasteiger partial charge in [0.15, 0.2) is 0 Å². The Kier molecular flexibility index (Phi) is 7.48. The number of carbonyl (C=O) groups excluding carboxylic acids is 1. The lowest BCUT2D eigenvalue weighted by molar-refractivity contribution is -0.139. The maximum absolute atomic E-state index is 13.6. The van der Waals surface area contributed by atoms with Gasteiger partial charge >= 0.3 is 0 Å². The first-order valence-corrected chi connectivity index (χ1v) is 13.0. The fourth-order valence-electron chi connectivity index (χ4n) is 5.74. The molecule has 4 heteroatoms. The van der Waals surface area contributed by atoms with Gasteiger partial charge in [0.2, 0.25) is 5.91 Å². The summed E-state index contributed by atoms with van der Waals surface area (Å²) in [6, 6.07) is 27.6. The molecular formula is C31H36N2O2. The second-order valence-electron chi connectivity index (χ2n) is 9.89. The van der Waals surface area contributed by atoms with Crippen LogP contribution in [0.5, 0.6) is 5.75 Å². The van der Waals surface area contributed by atoms with Gasteiger partial charge in [-0.1, -0.05) is 79.2 Å². The van der Waals surface area contributed by atoms with Gasteiger partial charge in [0, 0.05) is 25.2 Å². The fourth-order valence-corrected chi connectivity index (χ4v) is 5.74. The first-order valence-electron chi connectivity index (χ1n) is 13.0. The highest BCUT2D eigenvalue weighted by atomic mass is 16.5. The molecule has 3 aromatic carbocycles. The summed E-state index contributed by atoms with van der Waals surface area (Å²) in [7, 11) is 1.71. The molecule has 4 nitrogen and oxygen atoms in total. The van der Waals surface area contributed by atoms with Gasteiger partial charge in [0.25, 0.3) is 0 Å². The first-order chi connectivity index (χ1) is 17.2. The van der Waals surface area contributed by atoms with Gasteiger partial charge in [-0.25, -0.2) is 0 Å². The lowest BCUT2D eigenvalue weighted by Crippen LogP contribution is -2.52. The van der Waals surface area contributed by atoms with Crippen molar-refractivity contribution in [2.45, 2.75) is 50.6 Å². The molecule has 2 aliphatic heterocycles. The van der Waals surface area contributed by atoms with Crippen molar-refractivity contribution in [1.29, 1.82) is 0 Å². The number of piperidine rings is 2. The molecule has 0 aromatic heterocycles. The zero-order chi connectivity index (χ0) is 24.0. The Morgan fingerprint density at radius 3 is 2.29 bits per heavy atom. The van der Waals surface area contributed by atoms with Crippen LogP contribution in [0.25, 0.3) is 11.1 Å². The van der Waals surface area contributed by atoms with Gasteiger partial charge in [-0.3, -0.25) is 9.69 Å². The molecule has 182 valence electrons. The van der Waals surface area contributed by atoms with Crippen LogP contribution < -0.4 is 4.74 Å². The van der Waals surface area contributed by atoms with E-state index in [0.29, 0.717) is 11.8 Å². The molecule has 0 aliphatic carbocycles. The molecule has 35 heavy (non-hydrogen) atoms. The molecule has 2 aliphatic rings. The Labute approximate surface area is 209 Å². The van der Waals surface area contributed by atoms with Crippen LogP contribution in [0, 0.1) is 0 Å². The minimum Gasteiger partial charge on any atom is -0.496 e. The summed E-state index contributed by atoms with van der Waals surface area (Å²) in [6.45, 7) is 3.56. The maximum atomic E-state index is 13.6. The summed E-state index contributed by atoms with van der Waals surface area (Å²) < 4.78 is 5.53. The van der Waals surface area contributed by atoms with Gasteiger partial charge in [0.1, 0.15) is 5.75 Å². The van der Waals surface area contributed by atoms with E-state index in [1.807, 2.05) is 18.2 Å². The molecule has 0 radical (unpaired) electrons. The van der Waals surface area contributed by atoms with Gasteiger partial charge < -0.3 is 9.64 Å². The highest BCUT2D eigenvalue weighted by Gasteiger charge is 2.33. The molecule has 2 heterocycles. The molecule has 0 spiro atoms. The number of carbonyl (C=O) groups is 1. The third kappa shape index (κ3) is 5.43. The van der Waals surface area contributed by atoms with Crippen LogP contribution in [0.4, 0.5) is 0 Å². The number of nitrogens with zero attached hydrogens (tertiary/aromatic N) is 2. The Morgan fingerprint density at radius 2 is 1.54 bits per heavy atom. The molecule has 2 fully saturated rings. The van der Waals surface area contributed by atoms with E-state index in [9.17, 15) is 4.79 Å². The number of ether oxygens (including phenoxy) is 1. The molecule has 0 N–H and O–H groups in total. The van der Waals surface area contributed by atoms with E-state index < -0.39 is 0 Å². The average molecular weight is 469 g/mol. The average Bonchev–Trinajstić information content (AvgIpc) is 2.94. The number of hydrogen-bond acceptors (Lipinski definition) is 3. The van der Waals surface area contributed by atoms with Gasteiger partial charge in [-0.2, -0.15) is 0 Å². The van der Waals surface area contributed by atoms with Crippen molar-refractivity contribution in [3.05, 3.63) is 90.0 Å². The molecule has 0 saturated carbocycles. The van der Waals surface area contributed by atoms with Crippen LogP contribution >= 0.6 is 0 Å². The third-order valence-corrected chi connectivity index (χ3v) is 7.73. The van der Waals surface area contributed by atoms with Gasteiger partial charge in [-0.05, 0) is 60.9 Å². The summed E-state index contributed by atoms with van der Waals surface area (Å²) in [4.78, 5) is 18.1. The molecule has 2 saturated heterocycles. The monoisotopic (exact) mass is 468 g/mol. The molecule has 0 bridgehead atoms. The highest BCUT2D eigenvalue weighted by Crippen LogP contribution is 2.31. The second kappa shape index (κ2) is 11.1. The molecular weight excluding hydrogens is 432 g/mol. The minimum absolute atomic E-state index is 0.00548. The second-order valence-corrected chi connectivity index (χ2v) is 9.89. The Morgan fingerprint density at radius 1 is 0.829 bits per heavy atom. The standard InChI is InChI=1S/C31H36N2O2/c1-35-30-13-6-5-11-28(30)27-16-14-24(15-17-27)23-33-20-8-7-12-29(33)31(34)32-21-18-26(19-22-32)25-9-3-2-4-10-25/h2-6,9-11,13-17,26,29H,7-8,12,18-23H2,1H3. The van der Waals surface area contributed by atoms with Crippen molar-refractivity contribution >= 4 is 5.91 Å². The summed E-state index contributed by atoms with van der Waals surface area (Å²) in [5.41, 5.74) is 4.92. The van der Waals surface area contributed by atoms with Crippen molar-refractivity contribution in [2.24, 2.45) is 0 Å². The lowest BCUT2D eigenvalue weighted by Gasteiger charge is -2.40. The third-order valence-electron chi connectivity index (χ3n) is 7.73. The molecule has 1 amide bonds. The van der Waals surface area contributed by atoms with E-state index >= 15 is 0 Å². The Hall–Kier alpha value is -3.11. The highest BCUT2D eigenvalue weighted by molar-refractivity contribution is 5.82. The van der Waals surface area contributed by atoms with Crippen LogP contribution in [0.2, 0.25) is 0 Å². The predicted octanol–water partition coefficient (Wildman–Crippen LogP) is 6.12. The lowest BCUT2D eigenvalue weighted by atomic mass is 9.89. The number of methoxy groups -OCH3 is 1. The van der Waals surface area contributed by atoms with E-state index in [-0.39, 0.29) is 6.04 Å². The topological polar surface area (TPSA) is 32.8 Å².